The Balaban J connectivity index is 1.62. The Morgan fingerprint density at radius 3 is 3.17 bits per heavy atom. The molecule has 7 nitrogen and oxygen atoms in total. The maximum absolute atomic E-state index is 12.7. The first-order valence-electron chi connectivity index (χ1n) is 7.66. The molecule has 0 radical (unpaired) electrons. The number of carbonyl (C=O) groups excluding carboxylic acids is 1. The Kier molecular flexibility index (Phi) is 3.14. The summed E-state index contributed by atoms with van der Waals surface area (Å²) in [5, 5.41) is 7.72. The lowest BCUT2D eigenvalue weighted by atomic mass is 10.1. The fourth-order valence-corrected chi connectivity index (χ4v) is 3.14. The van der Waals surface area contributed by atoms with E-state index in [-0.39, 0.29) is 11.9 Å². The van der Waals surface area contributed by atoms with Crippen LogP contribution in [0.3, 0.4) is 0 Å². The number of rotatable bonds is 2. The van der Waals surface area contributed by atoms with Gasteiger partial charge in [-0.1, -0.05) is 5.16 Å². The lowest BCUT2D eigenvalue weighted by Crippen LogP contribution is -2.41. The summed E-state index contributed by atoms with van der Waals surface area (Å²) in [4.78, 5) is 21.3. The molecule has 0 spiro atoms. The fraction of sp³-hybridized carbons (Fsp3) is 0.375. The van der Waals surface area contributed by atoms with Crippen molar-refractivity contribution < 1.29 is 9.32 Å². The molecule has 0 saturated carbocycles. The molecule has 4 heterocycles. The number of imidazole rings is 1. The van der Waals surface area contributed by atoms with Gasteiger partial charge < -0.3 is 14.4 Å². The van der Waals surface area contributed by atoms with Crippen LogP contribution in [0.5, 0.6) is 0 Å². The molecule has 0 bridgehead atoms. The number of hydrogen-bond acceptors (Lipinski definition) is 5. The molecule has 0 fully saturated rings. The Morgan fingerprint density at radius 2 is 2.30 bits per heavy atom. The molecule has 1 atom stereocenters. The molecular weight excluding hydrogens is 294 g/mol. The lowest BCUT2D eigenvalue weighted by Gasteiger charge is -2.24. The predicted octanol–water partition coefficient (Wildman–Crippen LogP) is 1.78. The highest BCUT2D eigenvalue weighted by Crippen LogP contribution is 2.22. The van der Waals surface area contributed by atoms with Crippen LogP contribution in [0.15, 0.2) is 23.0 Å². The van der Waals surface area contributed by atoms with Gasteiger partial charge in [0.05, 0.1) is 16.6 Å². The van der Waals surface area contributed by atoms with Gasteiger partial charge in [0.1, 0.15) is 5.82 Å². The summed E-state index contributed by atoms with van der Waals surface area (Å²) >= 11 is 0. The topological polar surface area (TPSA) is 85.8 Å². The zero-order valence-corrected chi connectivity index (χ0v) is 13.0. The van der Waals surface area contributed by atoms with Gasteiger partial charge in [0.15, 0.2) is 0 Å². The number of hydrogen-bond donors (Lipinski definition) is 1. The minimum atomic E-state index is -0.111. The number of fused-ring (bicyclic) bond motifs is 2. The van der Waals surface area contributed by atoms with Gasteiger partial charge in [0, 0.05) is 37.1 Å². The average molecular weight is 311 g/mol. The van der Waals surface area contributed by atoms with E-state index in [1.807, 2.05) is 20.0 Å². The van der Waals surface area contributed by atoms with Crippen LogP contribution >= 0.6 is 0 Å². The number of aromatic nitrogens is 4. The average Bonchev–Trinajstić information content (AvgIpc) is 3.13. The Morgan fingerprint density at radius 1 is 1.43 bits per heavy atom. The van der Waals surface area contributed by atoms with Crippen molar-refractivity contribution in [1.29, 1.82) is 0 Å². The first kappa shape index (κ1) is 13.9. The number of nitrogens with zero attached hydrogens (tertiary/aromatic N) is 4. The maximum Gasteiger partial charge on any atom is 0.258 e. The molecule has 7 heteroatoms. The highest BCUT2D eigenvalue weighted by atomic mass is 16.5. The number of pyridine rings is 1. The van der Waals surface area contributed by atoms with E-state index in [1.165, 1.54) is 0 Å². The third-order valence-electron chi connectivity index (χ3n) is 4.26. The quantitative estimate of drug-likeness (QED) is 0.779. The van der Waals surface area contributed by atoms with Gasteiger partial charge in [-0.2, -0.15) is 0 Å². The van der Waals surface area contributed by atoms with Crippen LogP contribution in [0.2, 0.25) is 0 Å². The van der Waals surface area contributed by atoms with Gasteiger partial charge in [-0.05, 0) is 26.3 Å². The summed E-state index contributed by atoms with van der Waals surface area (Å²) in [6.07, 6.45) is 5.51. The van der Waals surface area contributed by atoms with Crippen molar-refractivity contribution in [3.8, 4) is 0 Å². The molecule has 0 aliphatic carbocycles. The molecular formula is C16H17N5O2. The molecule has 0 saturated heterocycles. The highest BCUT2D eigenvalue weighted by molar-refractivity contribution is 6.06. The SMILES string of the molecule is Cc1cc(C(=O)N[C@@H]2CCc3nccn3C2)c2c(C)noc2n1. The van der Waals surface area contributed by atoms with Gasteiger partial charge in [0.2, 0.25) is 0 Å². The molecule has 0 unspecified atom stereocenters. The van der Waals surface area contributed by atoms with Crippen LogP contribution in [-0.2, 0) is 13.0 Å². The van der Waals surface area contributed by atoms with Gasteiger partial charge >= 0.3 is 0 Å². The van der Waals surface area contributed by atoms with E-state index in [9.17, 15) is 4.79 Å². The standard InChI is InChI=1S/C16H17N5O2/c1-9-7-12(14-10(2)20-23-16(14)18-9)15(22)19-11-3-4-13-17-5-6-21(13)8-11/h5-7,11H,3-4,8H2,1-2H3,(H,19,22)/t11-/m1/s1. The van der Waals surface area contributed by atoms with E-state index in [2.05, 4.69) is 25.0 Å². The van der Waals surface area contributed by atoms with Crippen LogP contribution in [-0.4, -0.2) is 31.6 Å². The van der Waals surface area contributed by atoms with Crippen LogP contribution in [0, 0.1) is 13.8 Å². The van der Waals surface area contributed by atoms with Gasteiger partial charge in [-0.25, -0.2) is 9.97 Å². The van der Waals surface area contributed by atoms with E-state index in [1.54, 1.807) is 12.3 Å². The molecule has 1 amide bonds. The second kappa shape index (κ2) is 5.19. The lowest BCUT2D eigenvalue weighted by molar-refractivity contribution is 0.0929. The van der Waals surface area contributed by atoms with E-state index in [0.717, 1.165) is 30.9 Å². The molecule has 3 aromatic heterocycles. The van der Waals surface area contributed by atoms with Crippen molar-refractivity contribution in [3.05, 3.63) is 41.2 Å². The summed E-state index contributed by atoms with van der Waals surface area (Å²) in [6.45, 7) is 4.40. The zero-order valence-electron chi connectivity index (χ0n) is 13.0. The summed E-state index contributed by atoms with van der Waals surface area (Å²) in [5.41, 5.74) is 2.40. The predicted molar refractivity (Wildman–Crippen MR) is 83.1 cm³/mol. The summed E-state index contributed by atoms with van der Waals surface area (Å²) in [6, 6.07) is 1.88. The third-order valence-corrected chi connectivity index (χ3v) is 4.26. The molecule has 118 valence electrons. The van der Waals surface area contributed by atoms with E-state index >= 15 is 0 Å². The number of amides is 1. The number of aryl methyl sites for hydroxylation is 3. The first-order chi connectivity index (χ1) is 11.1. The summed E-state index contributed by atoms with van der Waals surface area (Å²) in [5.74, 6) is 0.966. The van der Waals surface area contributed by atoms with Crippen molar-refractivity contribution in [1.82, 2.24) is 25.0 Å². The Labute approximate surface area is 132 Å². The number of nitrogens with one attached hydrogen (secondary N) is 1. The van der Waals surface area contributed by atoms with Gasteiger partial charge in [0.25, 0.3) is 11.6 Å². The minimum Gasteiger partial charge on any atom is -0.347 e. The van der Waals surface area contributed by atoms with Crippen LogP contribution in [0.25, 0.3) is 11.1 Å². The largest absolute Gasteiger partial charge is 0.347 e. The fourth-order valence-electron chi connectivity index (χ4n) is 3.14. The second-order valence-corrected chi connectivity index (χ2v) is 5.96. The van der Waals surface area contributed by atoms with Crippen molar-refractivity contribution in [2.75, 3.05) is 0 Å². The van der Waals surface area contributed by atoms with Crippen molar-refractivity contribution in [2.45, 2.75) is 39.3 Å². The maximum atomic E-state index is 12.7. The van der Waals surface area contributed by atoms with Gasteiger partial charge in [-0.3, -0.25) is 4.79 Å². The number of carbonyl (C=O) groups is 1. The smallest absolute Gasteiger partial charge is 0.258 e. The first-order valence-corrected chi connectivity index (χ1v) is 7.66. The van der Waals surface area contributed by atoms with E-state index in [4.69, 9.17) is 4.52 Å². The van der Waals surface area contributed by atoms with E-state index < -0.39 is 0 Å². The molecule has 1 aliphatic rings. The van der Waals surface area contributed by atoms with Crippen molar-refractivity contribution in [3.63, 3.8) is 0 Å². The van der Waals surface area contributed by atoms with Crippen molar-refractivity contribution in [2.24, 2.45) is 0 Å². The summed E-state index contributed by atoms with van der Waals surface area (Å²) in [7, 11) is 0. The second-order valence-electron chi connectivity index (χ2n) is 5.96. The Hall–Kier alpha value is -2.70. The molecule has 0 aromatic carbocycles. The van der Waals surface area contributed by atoms with Crippen molar-refractivity contribution >= 4 is 17.0 Å². The zero-order chi connectivity index (χ0) is 16.0. The van der Waals surface area contributed by atoms with Crippen LogP contribution in [0.4, 0.5) is 0 Å². The molecule has 23 heavy (non-hydrogen) atoms. The minimum absolute atomic E-state index is 0.0906. The van der Waals surface area contributed by atoms with Crippen LogP contribution in [0.1, 0.15) is 34.0 Å². The van der Waals surface area contributed by atoms with Crippen LogP contribution < -0.4 is 5.32 Å². The monoisotopic (exact) mass is 311 g/mol. The molecule has 3 aromatic rings. The summed E-state index contributed by atoms with van der Waals surface area (Å²) < 4.78 is 7.28. The highest BCUT2D eigenvalue weighted by Gasteiger charge is 2.23. The Bertz CT molecular complexity index is 895. The van der Waals surface area contributed by atoms with Gasteiger partial charge in [-0.15, -0.1) is 0 Å². The van der Waals surface area contributed by atoms with E-state index in [0.29, 0.717) is 22.4 Å². The molecule has 1 N–H and O–H groups in total. The normalized spacial score (nSPS) is 17.2. The molecule has 4 rings (SSSR count). The molecule has 1 aliphatic heterocycles. The third kappa shape index (κ3) is 2.38.